The summed E-state index contributed by atoms with van der Waals surface area (Å²) in [5.41, 5.74) is -0.463. The SMILES string of the molecule is BCC1CC(CON)N(C(=O)OC(C)(C)C)C1. The van der Waals surface area contributed by atoms with Crippen LogP contribution in [0.15, 0.2) is 0 Å². The van der Waals surface area contributed by atoms with E-state index in [2.05, 4.69) is 12.7 Å². The van der Waals surface area contributed by atoms with E-state index in [1.165, 1.54) is 0 Å². The fourth-order valence-corrected chi connectivity index (χ4v) is 2.12. The highest BCUT2D eigenvalue weighted by molar-refractivity contribution is 6.08. The Morgan fingerprint density at radius 2 is 2.18 bits per heavy atom. The van der Waals surface area contributed by atoms with Crippen molar-refractivity contribution in [3.63, 3.8) is 0 Å². The summed E-state index contributed by atoms with van der Waals surface area (Å²) < 4.78 is 5.38. The summed E-state index contributed by atoms with van der Waals surface area (Å²) in [5, 5.41) is 0. The molecule has 1 fully saturated rings. The van der Waals surface area contributed by atoms with Gasteiger partial charge in [-0.1, -0.05) is 6.32 Å². The van der Waals surface area contributed by atoms with Crippen LogP contribution in [0.3, 0.4) is 0 Å². The summed E-state index contributed by atoms with van der Waals surface area (Å²) in [6.07, 6.45) is 1.73. The Bertz CT molecular complexity index is 268. The monoisotopic (exact) mass is 242 g/mol. The molecular weight excluding hydrogens is 219 g/mol. The molecule has 5 nitrogen and oxygen atoms in total. The van der Waals surface area contributed by atoms with Gasteiger partial charge in [0.2, 0.25) is 0 Å². The van der Waals surface area contributed by atoms with Crippen LogP contribution in [0.1, 0.15) is 27.2 Å². The van der Waals surface area contributed by atoms with Crippen molar-refractivity contribution in [1.82, 2.24) is 4.90 Å². The van der Waals surface area contributed by atoms with Crippen LogP contribution in [-0.4, -0.2) is 43.6 Å². The smallest absolute Gasteiger partial charge is 0.410 e. The first-order valence-corrected chi connectivity index (χ1v) is 6.18. The number of nitrogens with two attached hydrogens (primary N) is 1. The molecule has 0 aromatic carbocycles. The zero-order valence-corrected chi connectivity index (χ0v) is 11.2. The standard InChI is InChI=1S/C11H23BN2O3/c1-11(2,3)17-10(15)14-6-8(5-12)4-9(14)7-16-13/h8-9H,4-7,12-13H2,1-3H3. The molecule has 1 saturated heterocycles. The Kier molecular flexibility index (Phi) is 4.83. The third-order valence-electron chi connectivity index (χ3n) is 3.00. The number of hydrogen-bond acceptors (Lipinski definition) is 4. The molecule has 0 aromatic heterocycles. The summed E-state index contributed by atoms with van der Waals surface area (Å²) in [5.74, 6) is 5.62. The van der Waals surface area contributed by atoms with Gasteiger partial charge in [-0.2, -0.15) is 0 Å². The maximum atomic E-state index is 12.0. The largest absolute Gasteiger partial charge is 0.444 e. The summed E-state index contributed by atoms with van der Waals surface area (Å²) in [7, 11) is 2.13. The van der Waals surface area contributed by atoms with Crippen LogP contribution in [0.25, 0.3) is 0 Å². The van der Waals surface area contributed by atoms with Crippen LogP contribution in [0.5, 0.6) is 0 Å². The average molecular weight is 242 g/mol. The third kappa shape index (κ3) is 4.20. The van der Waals surface area contributed by atoms with E-state index in [1.807, 2.05) is 20.8 Å². The minimum absolute atomic E-state index is 0.0415. The van der Waals surface area contributed by atoms with Gasteiger partial charge in [0.15, 0.2) is 0 Å². The topological polar surface area (TPSA) is 64.8 Å². The van der Waals surface area contributed by atoms with Gasteiger partial charge in [0, 0.05) is 6.54 Å². The van der Waals surface area contributed by atoms with E-state index in [9.17, 15) is 4.79 Å². The van der Waals surface area contributed by atoms with Gasteiger partial charge in [0.25, 0.3) is 0 Å². The molecule has 1 aliphatic rings. The molecular formula is C11H23BN2O3. The second-order valence-corrected chi connectivity index (χ2v) is 5.63. The molecule has 1 heterocycles. The summed E-state index contributed by atoms with van der Waals surface area (Å²) in [4.78, 5) is 18.4. The maximum Gasteiger partial charge on any atom is 0.410 e. The van der Waals surface area contributed by atoms with Crippen LogP contribution in [0.2, 0.25) is 6.32 Å². The van der Waals surface area contributed by atoms with Crippen molar-refractivity contribution in [2.24, 2.45) is 11.8 Å². The fraction of sp³-hybridized carbons (Fsp3) is 0.909. The lowest BCUT2D eigenvalue weighted by Crippen LogP contribution is -2.42. The van der Waals surface area contributed by atoms with Crippen LogP contribution < -0.4 is 5.90 Å². The zero-order chi connectivity index (χ0) is 13.1. The van der Waals surface area contributed by atoms with Crippen molar-refractivity contribution >= 4 is 13.9 Å². The van der Waals surface area contributed by atoms with Gasteiger partial charge in [-0.15, -0.1) is 0 Å². The summed E-state index contributed by atoms with van der Waals surface area (Å²) in [6, 6.07) is 0.0415. The van der Waals surface area contributed by atoms with E-state index in [0.29, 0.717) is 12.5 Å². The molecule has 0 saturated carbocycles. The van der Waals surface area contributed by atoms with Crippen molar-refractivity contribution in [2.45, 2.75) is 45.2 Å². The van der Waals surface area contributed by atoms with Gasteiger partial charge in [-0.05, 0) is 33.1 Å². The molecule has 98 valence electrons. The number of likely N-dealkylation sites (tertiary alicyclic amines) is 1. The molecule has 2 N–H and O–H groups in total. The lowest BCUT2D eigenvalue weighted by atomic mass is 9.89. The van der Waals surface area contributed by atoms with Gasteiger partial charge in [0.05, 0.1) is 12.6 Å². The molecule has 6 heteroatoms. The Balaban J connectivity index is 2.63. The van der Waals surface area contributed by atoms with Crippen LogP contribution in [0.4, 0.5) is 4.79 Å². The number of nitrogens with zero attached hydrogens (tertiary/aromatic N) is 1. The Hall–Kier alpha value is -0.745. The Morgan fingerprint density at radius 1 is 1.53 bits per heavy atom. The maximum absolute atomic E-state index is 12.0. The predicted molar refractivity (Wildman–Crippen MR) is 68.3 cm³/mol. The Labute approximate surface area is 104 Å². The fourth-order valence-electron chi connectivity index (χ4n) is 2.12. The summed E-state index contributed by atoms with van der Waals surface area (Å²) in [6.45, 7) is 6.71. The van der Waals surface area contributed by atoms with E-state index in [4.69, 9.17) is 10.6 Å². The minimum Gasteiger partial charge on any atom is -0.444 e. The highest BCUT2D eigenvalue weighted by atomic mass is 16.6. The van der Waals surface area contributed by atoms with Crippen LogP contribution in [-0.2, 0) is 9.57 Å². The normalized spacial score (nSPS) is 25.1. The molecule has 1 aliphatic heterocycles. The van der Waals surface area contributed by atoms with E-state index < -0.39 is 5.60 Å². The number of carbonyl (C=O) groups is 1. The second-order valence-electron chi connectivity index (χ2n) is 5.63. The van der Waals surface area contributed by atoms with Crippen LogP contribution in [0, 0.1) is 5.92 Å². The first-order chi connectivity index (χ1) is 7.87. The average Bonchev–Trinajstić information content (AvgIpc) is 2.59. The molecule has 0 aromatic rings. The van der Waals surface area contributed by atoms with Gasteiger partial charge < -0.3 is 14.5 Å². The first-order valence-electron chi connectivity index (χ1n) is 6.18. The number of amides is 1. The van der Waals surface area contributed by atoms with Crippen molar-refractivity contribution in [3.05, 3.63) is 0 Å². The number of carbonyl (C=O) groups excluding carboxylic acids is 1. The van der Waals surface area contributed by atoms with E-state index in [0.717, 1.165) is 19.3 Å². The van der Waals surface area contributed by atoms with Gasteiger partial charge >= 0.3 is 6.09 Å². The molecule has 0 spiro atoms. The second kappa shape index (κ2) is 5.73. The van der Waals surface area contributed by atoms with Crippen molar-refractivity contribution < 1.29 is 14.4 Å². The number of rotatable bonds is 3. The van der Waals surface area contributed by atoms with E-state index in [1.54, 1.807) is 4.90 Å². The molecule has 17 heavy (non-hydrogen) atoms. The molecule has 1 rings (SSSR count). The van der Waals surface area contributed by atoms with Gasteiger partial charge in [0.1, 0.15) is 13.4 Å². The van der Waals surface area contributed by atoms with Crippen molar-refractivity contribution in [1.29, 1.82) is 0 Å². The van der Waals surface area contributed by atoms with Crippen molar-refractivity contribution in [2.75, 3.05) is 13.2 Å². The molecule has 0 aliphatic carbocycles. The van der Waals surface area contributed by atoms with E-state index in [-0.39, 0.29) is 12.1 Å². The van der Waals surface area contributed by atoms with Crippen LogP contribution >= 0.6 is 0 Å². The molecule has 0 radical (unpaired) electrons. The van der Waals surface area contributed by atoms with Gasteiger partial charge in [-0.3, -0.25) is 0 Å². The first kappa shape index (κ1) is 14.3. The molecule has 1 amide bonds. The quantitative estimate of drug-likeness (QED) is 0.580. The number of ether oxygens (including phenoxy) is 1. The third-order valence-corrected chi connectivity index (χ3v) is 3.00. The molecule has 0 bridgehead atoms. The highest BCUT2D eigenvalue weighted by Gasteiger charge is 2.36. The zero-order valence-electron chi connectivity index (χ0n) is 11.2. The predicted octanol–water partition coefficient (Wildman–Crippen LogP) is 0.554. The number of hydrogen-bond donors (Lipinski definition) is 1. The van der Waals surface area contributed by atoms with Gasteiger partial charge in [-0.25, -0.2) is 10.7 Å². The molecule has 2 unspecified atom stereocenters. The highest BCUT2D eigenvalue weighted by Crippen LogP contribution is 2.27. The summed E-state index contributed by atoms with van der Waals surface area (Å²) >= 11 is 0. The Morgan fingerprint density at radius 3 is 2.65 bits per heavy atom. The minimum atomic E-state index is -0.463. The lowest BCUT2D eigenvalue weighted by Gasteiger charge is -2.28. The lowest BCUT2D eigenvalue weighted by molar-refractivity contribution is 0.0104. The molecule has 2 atom stereocenters. The van der Waals surface area contributed by atoms with E-state index >= 15 is 0 Å². The van der Waals surface area contributed by atoms with Crippen molar-refractivity contribution in [3.8, 4) is 0 Å².